The average Bonchev–Trinajstić information content (AvgIpc) is 2.47. The first-order valence-corrected chi connectivity index (χ1v) is 7.49. The molecule has 1 heterocycles. The van der Waals surface area contributed by atoms with E-state index in [0.29, 0.717) is 6.42 Å². The van der Waals surface area contributed by atoms with Gasteiger partial charge in [0.15, 0.2) is 6.29 Å². The summed E-state index contributed by atoms with van der Waals surface area (Å²) >= 11 is 0. The van der Waals surface area contributed by atoms with E-state index < -0.39 is 42.9 Å². The Hall–Kier alpha value is -0.760. The minimum Gasteiger partial charge on any atom is -0.394 e. The van der Waals surface area contributed by atoms with Crippen molar-refractivity contribution in [3.63, 3.8) is 0 Å². The molecule has 6 atom stereocenters. The van der Waals surface area contributed by atoms with Gasteiger partial charge in [0.1, 0.15) is 24.4 Å². The van der Waals surface area contributed by atoms with E-state index in [1.807, 2.05) is 13.8 Å². The molecule has 4 N–H and O–H groups in total. The van der Waals surface area contributed by atoms with Gasteiger partial charge in [0.05, 0.1) is 12.2 Å². The predicted octanol–water partition coefficient (Wildman–Crippen LogP) is 0.494. The second-order valence-electron chi connectivity index (χ2n) is 6.15. The van der Waals surface area contributed by atoms with Crippen LogP contribution in [-0.4, -0.2) is 63.3 Å². The van der Waals surface area contributed by atoms with Crippen molar-refractivity contribution in [3.8, 4) is 0 Å². The Morgan fingerprint density at radius 1 is 1.23 bits per heavy atom. The van der Waals surface area contributed by atoms with Crippen LogP contribution >= 0.6 is 0 Å². The molecule has 0 spiro atoms. The van der Waals surface area contributed by atoms with Crippen molar-refractivity contribution in [3.05, 3.63) is 24.3 Å². The molecule has 0 aliphatic carbocycles. The zero-order valence-corrected chi connectivity index (χ0v) is 13.5. The first kappa shape index (κ1) is 19.3. The molecule has 0 aromatic heterocycles. The van der Waals surface area contributed by atoms with Crippen LogP contribution in [0.25, 0.3) is 0 Å². The summed E-state index contributed by atoms with van der Waals surface area (Å²) in [6.07, 6.45) is -1.28. The molecule has 0 saturated carbocycles. The van der Waals surface area contributed by atoms with E-state index in [1.54, 1.807) is 13.0 Å². The first-order valence-electron chi connectivity index (χ1n) is 7.49. The van der Waals surface area contributed by atoms with Crippen LogP contribution in [0.2, 0.25) is 0 Å². The van der Waals surface area contributed by atoms with Gasteiger partial charge >= 0.3 is 0 Å². The fourth-order valence-corrected chi connectivity index (χ4v) is 2.29. The topological polar surface area (TPSA) is 99.4 Å². The predicted molar refractivity (Wildman–Crippen MR) is 82.1 cm³/mol. The summed E-state index contributed by atoms with van der Waals surface area (Å²) in [6, 6.07) is 0. The number of ether oxygens (including phenoxy) is 2. The number of aliphatic hydroxyl groups excluding tert-OH is 4. The Kier molecular flexibility index (Phi) is 7.18. The van der Waals surface area contributed by atoms with Gasteiger partial charge in [-0.2, -0.15) is 0 Å². The molecule has 0 radical (unpaired) electrons. The number of hydrogen-bond donors (Lipinski definition) is 4. The Bertz CT molecular complexity index is 390. The molecule has 1 rings (SSSR count). The number of hydrogen-bond acceptors (Lipinski definition) is 6. The zero-order valence-electron chi connectivity index (χ0n) is 13.5. The normalized spacial score (nSPS) is 34.8. The Morgan fingerprint density at radius 3 is 2.36 bits per heavy atom. The average molecular weight is 316 g/mol. The summed E-state index contributed by atoms with van der Waals surface area (Å²) in [5.74, 6) is 0. The minimum absolute atomic E-state index is 0.479. The van der Waals surface area contributed by atoms with E-state index in [-0.39, 0.29) is 0 Å². The summed E-state index contributed by atoms with van der Waals surface area (Å²) < 4.78 is 11.1. The number of rotatable bonds is 7. The van der Waals surface area contributed by atoms with Crippen molar-refractivity contribution in [1.82, 2.24) is 0 Å². The summed E-state index contributed by atoms with van der Waals surface area (Å²) in [4.78, 5) is 0. The smallest absolute Gasteiger partial charge is 0.187 e. The molecular formula is C16H28O6. The molecule has 0 amide bonds. The molecule has 1 aliphatic rings. The molecule has 22 heavy (non-hydrogen) atoms. The standard InChI is InChI=1S/C16H28O6/c1-5-16(4,8-6-7-10(2)3)22-15-14(20)13(19)12(18)11(9-17)21-15/h5,7,11-15,17-20H,1,6,8-9H2,2-4H3/t11-,12-,13-,14-,15+,16-/m1/s1. The molecule has 6 nitrogen and oxygen atoms in total. The highest BCUT2D eigenvalue weighted by molar-refractivity contribution is 5.00. The maximum atomic E-state index is 10.0. The lowest BCUT2D eigenvalue weighted by Crippen LogP contribution is -2.60. The SMILES string of the molecule is C=C[C@](C)(CCC=C(C)C)O[C@@H]1O[C@H](CO)[C@@H](O)[C@@H](O)[C@H]1O. The van der Waals surface area contributed by atoms with Crippen LogP contribution in [-0.2, 0) is 9.47 Å². The molecule has 1 saturated heterocycles. The van der Waals surface area contributed by atoms with E-state index in [9.17, 15) is 20.4 Å². The van der Waals surface area contributed by atoms with E-state index in [1.165, 1.54) is 5.57 Å². The molecule has 1 fully saturated rings. The van der Waals surface area contributed by atoms with Gasteiger partial charge in [-0.25, -0.2) is 0 Å². The van der Waals surface area contributed by atoms with E-state index in [2.05, 4.69) is 12.7 Å². The zero-order chi connectivity index (χ0) is 16.9. The maximum absolute atomic E-state index is 10.0. The third-order valence-electron chi connectivity index (χ3n) is 3.86. The van der Waals surface area contributed by atoms with Crippen molar-refractivity contribution in [2.45, 2.75) is 69.9 Å². The van der Waals surface area contributed by atoms with Gasteiger partial charge in [0.2, 0.25) is 0 Å². The molecule has 0 aromatic carbocycles. The van der Waals surface area contributed by atoms with Crippen molar-refractivity contribution in [2.24, 2.45) is 0 Å². The molecule has 6 heteroatoms. The summed E-state index contributed by atoms with van der Waals surface area (Å²) in [7, 11) is 0. The van der Waals surface area contributed by atoms with Gasteiger partial charge in [-0.05, 0) is 33.6 Å². The Balaban J connectivity index is 2.75. The maximum Gasteiger partial charge on any atom is 0.187 e. The monoisotopic (exact) mass is 316 g/mol. The van der Waals surface area contributed by atoms with Gasteiger partial charge in [-0.1, -0.05) is 17.7 Å². The quantitative estimate of drug-likeness (QED) is 0.510. The fraction of sp³-hybridized carbons (Fsp3) is 0.750. The lowest BCUT2D eigenvalue weighted by molar-refractivity contribution is -0.319. The van der Waals surface area contributed by atoms with Crippen molar-refractivity contribution in [1.29, 1.82) is 0 Å². The highest BCUT2D eigenvalue weighted by Crippen LogP contribution is 2.29. The summed E-state index contributed by atoms with van der Waals surface area (Å²) in [5, 5.41) is 38.7. The highest BCUT2D eigenvalue weighted by atomic mass is 16.7. The third-order valence-corrected chi connectivity index (χ3v) is 3.86. The number of allylic oxidation sites excluding steroid dienone is 2. The summed E-state index contributed by atoms with van der Waals surface area (Å²) in [6.45, 7) is 9.08. The van der Waals surface area contributed by atoms with Crippen LogP contribution in [0.3, 0.4) is 0 Å². The lowest BCUT2D eigenvalue weighted by Gasteiger charge is -2.42. The van der Waals surface area contributed by atoms with Crippen molar-refractivity contribution in [2.75, 3.05) is 6.61 Å². The van der Waals surface area contributed by atoms with Crippen molar-refractivity contribution >= 4 is 0 Å². The van der Waals surface area contributed by atoms with Crippen LogP contribution in [0, 0.1) is 0 Å². The van der Waals surface area contributed by atoms with Crippen molar-refractivity contribution < 1.29 is 29.9 Å². The highest BCUT2D eigenvalue weighted by Gasteiger charge is 2.45. The van der Waals surface area contributed by atoms with Gasteiger partial charge in [0, 0.05) is 0 Å². The second-order valence-corrected chi connectivity index (χ2v) is 6.15. The van der Waals surface area contributed by atoms with Gasteiger partial charge < -0.3 is 29.9 Å². The third kappa shape index (κ3) is 4.87. The second kappa shape index (κ2) is 8.19. The van der Waals surface area contributed by atoms with Crippen LogP contribution in [0.5, 0.6) is 0 Å². The van der Waals surface area contributed by atoms with E-state index in [0.717, 1.165) is 6.42 Å². The lowest BCUT2D eigenvalue weighted by atomic mass is 9.96. The van der Waals surface area contributed by atoms with Crippen LogP contribution in [0.4, 0.5) is 0 Å². The molecular weight excluding hydrogens is 288 g/mol. The Labute approximate surface area is 131 Å². The molecule has 0 unspecified atom stereocenters. The fourth-order valence-electron chi connectivity index (χ4n) is 2.29. The van der Waals surface area contributed by atoms with Crippen LogP contribution in [0.1, 0.15) is 33.6 Å². The van der Waals surface area contributed by atoms with Crippen LogP contribution in [0.15, 0.2) is 24.3 Å². The first-order chi connectivity index (χ1) is 10.2. The molecule has 0 aromatic rings. The molecule has 0 bridgehead atoms. The summed E-state index contributed by atoms with van der Waals surface area (Å²) in [5.41, 5.74) is 0.429. The molecule has 1 aliphatic heterocycles. The van der Waals surface area contributed by atoms with Gasteiger partial charge in [-0.15, -0.1) is 6.58 Å². The largest absolute Gasteiger partial charge is 0.394 e. The number of aliphatic hydroxyl groups is 4. The van der Waals surface area contributed by atoms with E-state index >= 15 is 0 Å². The van der Waals surface area contributed by atoms with E-state index in [4.69, 9.17) is 9.47 Å². The van der Waals surface area contributed by atoms with Gasteiger partial charge in [-0.3, -0.25) is 0 Å². The van der Waals surface area contributed by atoms with Crippen LogP contribution < -0.4 is 0 Å². The minimum atomic E-state index is -1.44. The Morgan fingerprint density at radius 2 is 1.86 bits per heavy atom. The molecule has 128 valence electrons. The van der Waals surface area contributed by atoms with Gasteiger partial charge in [0.25, 0.3) is 0 Å².